The van der Waals surface area contributed by atoms with Gasteiger partial charge in [-0.3, -0.25) is 9.69 Å². The lowest BCUT2D eigenvalue weighted by atomic mass is 10.2. The lowest BCUT2D eigenvalue weighted by Crippen LogP contribution is -2.30. The molecule has 0 saturated carbocycles. The van der Waals surface area contributed by atoms with Crippen molar-refractivity contribution in [2.24, 2.45) is 0 Å². The average molecular weight is 519 g/mol. The molecule has 1 aliphatic heterocycles. The van der Waals surface area contributed by atoms with Crippen LogP contribution in [-0.4, -0.2) is 21.4 Å². The number of nitrogens with one attached hydrogen (secondary N) is 1. The summed E-state index contributed by atoms with van der Waals surface area (Å²) in [7, 11) is 0. The second-order valence-corrected chi connectivity index (χ2v) is 8.96. The van der Waals surface area contributed by atoms with Gasteiger partial charge in [0, 0.05) is 26.6 Å². The number of carbonyl (C=O) groups is 2. The Balaban J connectivity index is 1.63. The van der Waals surface area contributed by atoms with Crippen molar-refractivity contribution in [2.75, 3.05) is 0 Å². The monoisotopic (exact) mass is 517 g/mol. The van der Waals surface area contributed by atoms with Crippen LogP contribution >= 0.6 is 39.1 Å². The smallest absolute Gasteiger partial charge is 0.318 e. The summed E-state index contributed by atoms with van der Waals surface area (Å²) >= 11 is 15.6. The average Bonchev–Trinajstić information content (AvgIpc) is 3.15. The molecule has 1 fully saturated rings. The molecule has 8 heteroatoms. The molecule has 0 spiro atoms. The van der Waals surface area contributed by atoms with E-state index in [0.717, 1.165) is 32.7 Å². The predicted molar refractivity (Wildman–Crippen MR) is 126 cm³/mol. The summed E-state index contributed by atoms with van der Waals surface area (Å²) in [6.07, 6.45) is 1.71. The molecule has 158 valence electrons. The molecule has 3 aromatic rings. The van der Waals surface area contributed by atoms with Crippen LogP contribution in [0, 0.1) is 13.8 Å². The molecule has 2 heterocycles. The van der Waals surface area contributed by atoms with Crippen LogP contribution in [0.2, 0.25) is 10.0 Å². The van der Waals surface area contributed by atoms with Crippen LogP contribution in [0.15, 0.2) is 58.7 Å². The van der Waals surface area contributed by atoms with E-state index in [1.807, 2.05) is 38.1 Å². The number of imide groups is 1. The third-order valence-electron chi connectivity index (χ3n) is 5.15. The van der Waals surface area contributed by atoms with Gasteiger partial charge in [-0.15, -0.1) is 0 Å². The van der Waals surface area contributed by atoms with Crippen molar-refractivity contribution in [3.63, 3.8) is 0 Å². The van der Waals surface area contributed by atoms with Crippen molar-refractivity contribution in [3.8, 4) is 5.69 Å². The summed E-state index contributed by atoms with van der Waals surface area (Å²) in [6.45, 7) is 4.12. The first kappa shape index (κ1) is 21.7. The van der Waals surface area contributed by atoms with Gasteiger partial charge in [0.2, 0.25) is 0 Å². The highest BCUT2D eigenvalue weighted by molar-refractivity contribution is 9.10. The largest absolute Gasteiger partial charge is 0.329 e. The number of hydrogen-bond donors (Lipinski definition) is 1. The third kappa shape index (κ3) is 4.28. The van der Waals surface area contributed by atoms with Gasteiger partial charge in [0.1, 0.15) is 5.70 Å². The molecule has 0 aliphatic carbocycles. The van der Waals surface area contributed by atoms with E-state index < -0.39 is 6.03 Å². The van der Waals surface area contributed by atoms with Gasteiger partial charge in [-0.25, -0.2) is 4.79 Å². The Morgan fingerprint density at radius 3 is 2.42 bits per heavy atom. The van der Waals surface area contributed by atoms with E-state index in [9.17, 15) is 9.59 Å². The SMILES string of the molecule is Cc1cc(/C=C2\NC(=O)N(Cc3ccc(Cl)cc3)C2=O)c(C)n1-c1ccc(Br)c(Cl)c1. The number of halogens is 3. The number of rotatable bonds is 4. The second-order valence-electron chi connectivity index (χ2n) is 7.27. The normalized spacial score (nSPS) is 15.1. The quantitative estimate of drug-likeness (QED) is 0.327. The zero-order valence-electron chi connectivity index (χ0n) is 16.7. The Bertz CT molecular complexity index is 1230. The van der Waals surface area contributed by atoms with Gasteiger partial charge < -0.3 is 9.88 Å². The van der Waals surface area contributed by atoms with E-state index in [0.29, 0.717) is 10.0 Å². The van der Waals surface area contributed by atoms with Crippen LogP contribution in [0.5, 0.6) is 0 Å². The lowest BCUT2D eigenvalue weighted by molar-refractivity contribution is -0.123. The predicted octanol–water partition coefficient (Wildman–Crippen LogP) is 6.26. The first-order valence-corrected chi connectivity index (χ1v) is 11.0. The summed E-state index contributed by atoms with van der Waals surface area (Å²) in [6, 6.07) is 14.3. The summed E-state index contributed by atoms with van der Waals surface area (Å²) < 4.78 is 2.88. The fourth-order valence-electron chi connectivity index (χ4n) is 3.60. The van der Waals surface area contributed by atoms with Crippen LogP contribution in [0.4, 0.5) is 4.79 Å². The van der Waals surface area contributed by atoms with Crippen molar-refractivity contribution in [3.05, 3.63) is 91.3 Å². The molecule has 0 unspecified atom stereocenters. The Labute approximate surface area is 198 Å². The molecule has 4 rings (SSSR count). The number of carbonyl (C=O) groups excluding carboxylic acids is 2. The first-order valence-electron chi connectivity index (χ1n) is 9.48. The molecule has 0 radical (unpaired) electrons. The fourth-order valence-corrected chi connectivity index (χ4v) is 4.15. The van der Waals surface area contributed by atoms with Crippen LogP contribution in [0.3, 0.4) is 0 Å². The highest BCUT2D eigenvalue weighted by atomic mass is 79.9. The minimum absolute atomic E-state index is 0.176. The molecule has 1 aliphatic rings. The molecule has 0 bridgehead atoms. The third-order valence-corrected chi connectivity index (χ3v) is 6.63. The van der Waals surface area contributed by atoms with Gasteiger partial charge in [0.25, 0.3) is 5.91 Å². The highest BCUT2D eigenvalue weighted by Crippen LogP contribution is 2.29. The van der Waals surface area contributed by atoms with Crippen molar-refractivity contribution in [1.29, 1.82) is 0 Å². The minimum atomic E-state index is -0.445. The molecule has 2 aromatic carbocycles. The Morgan fingerprint density at radius 1 is 1.03 bits per heavy atom. The number of aromatic nitrogens is 1. The van der Waals surface area contributed by atoms with Gasteiger partial charge in [0.15, 0.2) is 0 Å². The van der Waals surface area contributed by atoms with Crippen LogP contribution in [0.1, 0.15) is 22.5 Å². The van der Waals surface area contributed by atoms with E-state index in [-0.39, 0.29) is 18.1 Å². The number of nitrogens with zero attached hydrogens (tertiary/aromatic N) is 2. The Morgan fingerprint density at radius 2 is 1.74 bits per heavy atom. The Hall–Kier alpha value is -2.54. The maximum Gasteiger partial charge on any atom is 0.329 e. The van der Waals surface area contributed by atoms with E-state index >= 15 is 0 Å². The maximum absolute atomic E-state index is 12.9. The molecule has 3 amide bonds. The van der Waals surface area contributed by atoms with Gasteiger partial charge >= 0.3 is 6.03 Å². The summed E-state index contributed by atoms with van der Waals surface area (Å²) in [5.41, 5.74) is 4.74. The van der Waals surface area contributed by atoms with E-state index in [1.54, 1.807) is 30.3 Å². The topological polar surface area (TPSA) is 54.3 Å². The zero-order valence-corrected chi connectivity index (χ0v) is 19.8. The second kappa shape index (κ2) is 8.54. The van der Waals surface area contributed by atoms with Gasteiger partial charge in [0.05, 0.1) is 11.6 Å². The van der Waals surface area contributed by atoms with Crippen molar-refractivity contribution < 1.29 is 9.59 Å². The van der Waals surface area contributed by atoms with Crippen molar-refractivity contribution in [1.82, 2.24) is 14.8 Å². The van der Waals surface area contributed by atoms with Crippen LogP contribution in [-0.2, 0) is 11.3 Å². The molecule has 5 nitrogen and oxygen atoms in total. The standard InChI is InChI=1S/C23H18BrCl2N3O2/c1-13-9-16(14(2)29(13)18-7-8-19(24)20(26)11-18)10-21-22(30)28(23(31)27-21)12-15-3-5-17(25)6-4-15/h3-11H,12H2,1-2H3,(H,27,31)/b21-10-. The van der Waals surface area contributed by atoms with Gasteiger partial charge in [-0.1, -0.05) is 35.3 Å². The number of hydrogen-bond acceptors (Lipinski definition) is 2. The van der Waals surface area contributed by atoms with E-state index in [2.05, 4.69) is 25.8 Å². The minimum Gasteiger partial charge on any atom is -0.318 e. The van der Waals surface area contributed by atoms with Crippen molar-refractivity contribution in [2.45, 2.75) is 20.4 Å². The number of urea groups is 1. The molecule has 1 N–H and O–H groups in total. The summed E-state index contributed by atoms with van der Waals surface area (Å²) in [5.74, 6) is -0.364. The summed E-state index contributed by atoms with van der Waals surface area (Å²) in [5, 5.41) is 3.89. The van der Waals surface area contributed by atoms with Crippen molar-refractivity contribution >= 4 is 57.1 Å². The van der Waals surface area contributed by atoms with Crippen LogP contribution in [0.25, 0.3) is 11.8 Å². The maximum atomic E-state index is 12.9. The summed E-state index contributed by atoms with van der Waals surface area (Å²) in [4.78, 5) is 26.5. The number of benzene rings is 2. The molecule has 0 atom stereocenters. The van der Waals surface area contributed by atoms with E-state index in [1.165, 1.54) is 4.90 Å². The van der Waals surface area contributed by atoms with Gasteiger partial charge in [-0.2, -0.15) is 0 Å². The fraction of sp³-hybridized carbons (Fsp3) is 0.130. The molecular weight excluding hydrogens is 501 g/mol. The van der Waals surface area contributed by atoms with Gasteiger partial charge in [-0.05, 0) is 83.4 Å². The molecular formula is C23H18BrCl2N3O2. The first-order chi connectivity index (χ1) is 14.7. The number of aryl methyl sites for hydroxylation is 1. The molecule has 1 saturated heterocycles. The molecule has 1 aromatic heterocycles. The lowest BCUT2D eigenvalue weighted by Gasteiger charge is -2.11. The molecule has 31 heavy (non-hydrogen) atoms. The van der Waals surface area contributed by atoms with Crippen LogP contribution < -0.4 is 5.32 Å². The highest BCUT2D eigenvalue weighted by Gasteiger charge is 2.33. The Kier molecular flexibility index (Phi) is 5.97. The van der Waals surface area contributed by atoms with E-state index in [4.69, 9.17) is 23.2 Å². The zero-order chi connectivity index (χ0) is 22.3. The number of amides is 3.